The van der Waals surface area contributed by atoms with E-state index in [-0.39, 0.29) is 0 Å². The molecule has 3 heterocycles. The Morgan fingerprint density at radius 2 is 2.13 bits per heavy atom. The molecule has 1 atom stereocenters. The molecule has 0 aliphatic carbocycles. The van der Waals surface area contributed by atoms with Crippen molar-refractivity contribution in [2.24, 2.45) is 5.92 Å². The van der Waals surface area contributed by atoms with Crippen molar-refractivity contribution in [3.63, 3.8) is 0 Å². The fourth-order valence-electron chi connectivity index (χ4n) is 2.80. The first kappa shape index (κ1) is 16.3. The van der Waals surface area contributed by atoms with Gasteiger partial charge in [0.1, 0.15) is 10.0 Å². The average Bonchev–Trinajstić information content (AvgIpc) is 2.95. The third-order valence-corrected chi connectivity index (χ3v) is 6.84. The van der Waals surface area contributed by atoms with Gasteiger partial charge in [-0.2, -0.15) is 0 Å². The number of rotatable bonds is 4. The molecule has 0 aromatic carbocycles. The smallest absolute Gasteiger partial charge is 0.272 e. The lowest BCUT2D eigenvalue weighted by Crippen LogP contribution is -2.34. The van der Waals surface area contributed by atoms with E-state index in [0.717, 1.165) is 23.7 Å². The van der Waals surface area contributed by atoms with Crippen LogP contribution < -0.4 is 9.62 Å². The molecule has 2 aromatic rings. The van der Waals surface area contributed by atoms with Gasteiger partial charge in [-0.15, -0.1) is 11.3 Å². The molecule has 0 saturated carbocycles. The van der Waals surface area contributed by atoms with Crippen LogP contribution in [0.3, 0.4) is 0 Å². The number of aromatic nitrogens is 1. The van der Waals surface area contributed by atoms with Crippen molar-refractivity contribution in [3.8, 4) is 0 Å². The molecule has 1 saturated heterocycles. The molecule has 23 heavy (non-hydrogen) atoms. The molecule has 0 bridgehead atoms. The lowest BCUT2D eigenvalue weighted by molar-refractivity contribution is 0.446. The zero-order chi connectivity index (χ0) is 16.4. The lowest BCUT2D eigenvalue weighted by Gasteiger charge is -2.32. The van der Waals surface area contributed by atoms with Crippen molar-refractivity contribution in [2.75, 3.05) is 22.7 Å². The van der Waals surface area contributed by atoms with Gasteiger partial charge >= 0.3 is 0 Å². The highest BCUT2D eigenvalue weighted by Crippen LogP contribution is 2.25. The van der Waals surface area contributed by atoms with Crippen molar-refractivity contribution >= 4 is 32.9 Å². The molecule has 0 spiro atoms. The minimum absolute atomic E-state index is 0.311. The fraction of sp³-hybridized carbons (Fsp3) is 0.438. The molecule has 1 N–H and O–H groups in total. The van der Waals surface area contributed by atoms with Crippen LogP contribution in [0.1, 0.15) is 24.6 Å². The molecule has 1 aliphatic heterocycles. The molecule has 0 radical (unpaired) electrons. The summed E-state index contributed by atoms with van der Waals surface area (Å²) in [6, 6.07) is 7.08. The largest absolute Gasteiger partial charge is 0.370 e. The van der Waals surface area contributed by atoms with Crippen LogP contribution in [0.2, 0.25) is 0 Å². The molecular weight excluding hydrogens is 330 g/mol. The van der Waals surface area contributed by atoms with E-state index in [0.29, 0.717) is 15.9 Å². The molecule has 1 aliphatic rings. The number of thiophene rings is 1. The van der Waals surface area contributed by atoms with Gasteiger partial charge in [-0.3, -0.25) is 4.72 Å². The quantitative estimate of drug-likeness (QED) is 0.916. The molecule has 1 unspecified atom stereocenters. The number of hydrogen-bond donors (Lipinski definition) is 1. The Balaban J connectivity index is 1.72. The summed E-state index contributed by atoms with van der Waals surface area (Å²) in [6.45, 7) is 6.20. The first-order valence-corrected chi connectivity index (χ1v) is 10.0. The van der Waals surface area contributed by atoms with E-state index in [2.05, 4.69) is 21.5 Å². The topological polar surface area (TPSA) is 62.3 Å². The van der Waals surface area contributed by atoms with E-state index >= 15 is 0 Å². The minimum Gasteiger partial charge on any atom is -0.370 e. The van der Waals surface area contributed by atoms with Crippen LogP contribution in [0.5, 0.6) is 0 Å². The van der Waals surface area contributed by atoms with E-state index < -0.39 is 10.0 Å². The first-order chi connectivity index (χ1) is 10.9. The van der Waals surface area contributed by atoms with Crippen LogP contribution in [-0.2, 0) is 10.0 Å². The van der Waals surface area contributed by atoms with Gasteiger partial charge < -0.3 is 4.90 Å². The van der Waals surface area contributed by atoms with Crippen molar-refractivity contribution in [2.45, 2.75) is 30.9 Å². The van der Waals surface area contributed by atoms with Crippen LogP contribution in [0, 0.1) is 12.8 Å². The van der Waals surface area contributed by atoms with E-state index in [9.17, 15) is 8.42 Å². The summed E-state index contributed by atoms with van der Waals surface area (Å²) < 4.78 is 27.4. The zero-order valence-corrected chi connectivity index (χ0v) is 15.0. The maximum atomic E-state index is 12.3. The second-order valence-corrected chi connectivity index (χ2v) is 9.26. The Morgan fingerprint density at radius 3 is 2.74 bits per heavy atom. The lowest BCUT2D eigenvalue weighted by atomic mass is 10.00. The minimum atomic E-state index is -3.55. The second kappa shape index (κ2) is 6.49. The standard InChI is InChI=1S/C16H21N3O2S2/c1-12-4-3-9-19(11-12)14-6-7-15(17-10-14)18-23(20,21)16-8-5-13(2)22-16/h5-8,10,12H,3-4,9,11H2,1-2H3,(H,17,18). The summed E-state index contributed by atoms with van der Waals surface area (Å²) in [7, 11) is -3.55. The predicted octanol–water partition coefficient (Wildman–Crippen LogP) is 3.49. The van der Waals surface area contributed by atoms with Crippen molar-refractivity contribution in [1.82, 2.24) is 4.98 Å². The van der Waals surface area contributed by atoms with Gasteiger partial charge in [-0.25, -0.2) is 13.4 Å². The van der Waals surface area contributed by atoms with Crippen LogP contribution in [-0.4, -0.2) is 26.5 Å². The highest BCUT2D eigenvalue weighted by Gasteiger charge is 2.19. The zero-order valence-electron chi connectivity index (χ0n) is 13.3. The number of sulfonamides is 1. The summed E-state index contributed by atoms with van der Waals surface area (Å²) in [5.74, 6) is 1.04. The monoisotopic (exact) mass is 351 g/mol. The molecule has 5 nitrogen and oxygen atoms in total. The Bertz CT molecular complexity index is 769. The number of pyridine rings is 1. The SMILES string of the molecule is Cc1ccc(S(=O)(=O)Nc2ccc(N3CCCC(C)C3)cn2)s1. The van der Waals surface area contributed by atoms with Gasteiger partial charge in [0.25, 0.3) is 10.0 Å². The van der Waals surface area contributed by atoms with Crippen LogP contribution >= 0.6 is 11.3 Å². The summed E-state index contributed by atoms with van der Waals surface area (Å²) in [5.41, 5.74) is 1.05. The van der Waals surface area contributed by atoms with Crippen molar-refractivity contribution in [1.29, 1.82) is 0 Å². The van der Waals surface area contributed by atoms with Crippen LogP contribution in [0.15, 0.2) is 34.7 Å². The maximum Gasteiger partial charge on any atom is 0.272 e. The number of hydrogen-bond acceptors (Lipinski definition) is 5. The average molecular weight is 351 g/mol. The highest BCUT2D eigenvalue weighted by molar-refractivity contribution is 7.94. The van der Waals surface area contributed by atoms with Crippen molar-refractivity contribution < 1.29 is 8.42 Å². The highest BCUT2D eigenvalue weighted by atomic mass is 32.2. The summed E-state index contributed by atoms with van der Waals surface area (Å²) in [5, 5.41) is 0. The third kappa shape index (κ3) is 3.84. The summed E-state index contributed by atoms with van der Waals surface area (Å²) >= 11 is 1.25. The molecule has 1 fully saturated rings. The summed E-state index contributed by atoms with van der Waals surface area (Å²) in [6.07, 6.45) is 4.20. The molecule has 2 aromatic heterocycles. The van der Waals surface area contributed by atoms with Gasteiger partial charge in [0.15, 0.2) is 0 Å². The van der Waals surface area contributed by atoms with E-state index in [1.807, 2.05) is 13.0 Å². The molecular formula is C16H21N3O2S2. The molecule has 3 rings (SSSR count). The van der Waals surface area contributed by atoms with Crippen LogP contribution in [0.4, 0.5) is 11.5 Å². The predicted molar refractivity (Wildman–Crippen MR) is 94.7 cm³/mol. The normalized spacial score (nSPS) is 18.9. The van der Waals surface area contributed by atoms with Gasteiger partial charge in [0.05, 0.1) is 11.9 Å². The fourth-order valence-corrected chi connectivity index (χ4v) is 5.09. The number of aryl methyl sites for hydroxylation is 1. The van der Waals surface area contributed by atoms with Gasteiger partial charge in [-0.05, 0) is 49.9 Å². The second-order valence-electron chi connectivity index (χ2n) is 6.07. The number of nitrogens with one attached hydrogen (secondary N) is 1. The van der Waals surface area contributed by atoms with Gasteiger partial charge in [-0.1, -0.05) is 6.92 Å². The number of piperidine rings is 1. The molecule has 7 heteroatoms. The number of nitrogens with zero attached hydrogens (tertiary/aromatic N) is 2. The van der Waals surface area contributed by atoms with Crippen molar-refractivity contribution in [3.05, 3.63) is 35.3 Å². The molecule has 0 amide bonds. The van der Waals surface area contributed by atoms with E-state index in [1.54, 1.807) is 24.4 Å². The number of anilines is 2. The van der Waals surface area contributed by atoms with E-state index in [1.165, 1.54) is 24.2 Å². The van der Waals surface area contributed by atoms with Crippen LogP contribution in [0.25, 0.3) is 0 Å². The van der Waals surface area contributed by atoms with Gasteiger partial charge in [0, 0.05) is 18.0 Å². The Hall–Kier alpha value is -1.60. The van der Waals surface area contributed by atoms with E-state index in [4.69, 9.17) is 0 Å². The first-order valence-electron chi connectivity index (χ1n) is 7.74. The molecule has 124 valence electrons. The Kier molecular flexibility index (Phi) is 4.59. The maximum absolute atomic E-state index is 12.3. The Morgan fingerprint density at radius 1 is 1.30 bits per heavy atom. The third-order valence-electron chi connectivity index (χ3n) is 3.99. The Labute approximate surface area is 141 Å². The van der Waals surface area contributed by atoms with Gasteiger partial charge in [0.2, 0.25) is 0 Å². The summed E-state index contributed by atoms with van der Waals surface area (Å²) in [4.78, 5) is 7.54.